The monoisotopic (exact) mass is 202 g/mol. The minimum Gasteiger partial charge on any atom is -0.314 e. The predicted octanol–water partition coefficient (Wildman–Crippen LogP) is 4.38. The number of hydrogen-bond acceptors (Lipinski definition) is 0. The summed E-state index contributed by atoms with van der Waals surface area (Å²) in [6, 6.07) is 0.852. The van der Waals surface area contributed by atoms with Gasteiger partial charge in [0.1, 0.15) is 0 Å². The van der Waals surface area contributed by atoms with Crippen LogP contribution in [0.4, 0.5) is 4.11 Å². The zero-order valence-electron chi connectivity index (χ0n) is 9.87. The van der Waals surface area contributed by atoms with Crippen LogP contribution >= 0.6 is 0 Å². The Morgan fingerprint density at radius 2 is 1.69 bits per heavy atom. The quantitative estimate of drug-likeness (QED) is 0.404. The van der Waals surface area contributed by atoms with E-state index in [4.69, 9.17) is 0 Å². The molecule has 0 aromatic rings. The molecule has 78 valence electrons. The smallest absolute Gasteiger partial charge is 0.250 e. The highest BCUT2D eigenvalue weighted by atomic mass is 28.4. The van der Waals surface area contributed by atoms with Gasteiger partial charge in [0.05, 0.1) is 0 Å². The molecular formula is C11H23FSi. The Bertz CT molecular complexity index is 206. The fourth-order valence-corrected chi connectivity index (χ4v) is 5.64. The highest BCUT2D eigenvalue weighted by molar-refractivity contribution is 6.75. The zero-order valence-corrected chi connectivity index (χ0v) is 10.9. The van der Waals surface area contributed by atoms with E-state index in [1.165, 1.54) is 0 Å². The maximum absolute atomic E-state index is 14.5. The number of hydrogen-bond donors (Lipinski definition) is 0. The van der Waals surface area contributed by atoms with E-state index in [0.29, 0.717) is 5.92 Å². The summed E-state index contributed by atoms with van der Waals surface area (Å²) in [6.45, 7) is 12.9. The molecule has 1 saturated heterocycles. The summed E-state index contributed by atoms with van der Waals surface area (Å²) < 4.78 is 14.5. The zero-order chi connectivity index (χ0) is 10.5. The second-order valence-electron chi connectivity index (χ2n) is 5.98. The van der Waals surface area contributed by atoms with Crippen molar-refractivity contribution in [3.05, 3.63) is 0 Å². The molecule has 1 fully saturated rings. The average Bonchev–Trinajstić information content (AvgIpc) is 1.97. The van der Waals surface area contributed by atoms with Crippen molar-refractivity contribution in [2.45, 2.75) is 58.7 Å². The van der Waals surface area contributed by atoms with Gasteiger partial charge < -0.3 is 4.11 Å². The maximum atomic E-state index is 14.5. The minimum absolute atomic E-state index is 0.0856. The molecule has 0 spiro atoms. The van der Waals surface area contributed by atoms with E-state index in [0.717, 1.165) is 12.5 Å². The molecule has 2 atom stereocenters. The van der Waals surface area contributed by atoms with Gasteiger partial charge in [-0.05, 0) is 29.0 Å². The van der Waals surface area contributed by atoms with Gasteiger partial charge in [-0.3, -0.25) is 0 Å². The van der Waals surface area contributed by atoms with Crippen LogP contribution in [0, 0.1) is 11.3 Å². The molecular weight excluding hydrogens is 179 g/mol. The van der Waals surface area contributed by atoms with Gasteiger partial charge in [0, 0.05) is 0 Å². The lowest BCUT2D eigenvalue weighted by Gasteiger charge is -2.55. The van der Waals surface area contributed by atoms with Gasteiger partial charge in [-0.25, -0.2) is 0 Å². The fourth-order valence-electron chi connectivity index (χ4n) is 2.45. The molecule has 0 radical (unpaired) electrons. The standard InChI is InChI=1S/C11H23FSi/c1-9-7-8-13(6,12)11(4,5)10(9,2)3/h9H,7-8H2,1-6H3. The molecule has 0 amide bonds. The van der Waals surface area contributed by atoms with Crippen molar-refractivity contribution >= 4 is 8.41 Å². The molecule has 0 bridgehead atoms. The molecule has 0 saturated carbocycles. The summed E-state index contributed by atoms with van der Waals surface area (Å²) in [5.74, 6) is 0.652. The van der Waals surface area contributed by atoms with E-state index in [-0.39, 0.29) is 10.5 Å². The Balaban J connectivity index is 3.07. The first kappa shape index (κ1) is 11.2. The number of rotatable bonds is 0. The lowest BCUT2D eigenvalue weighted by atomic mass is 9.69. The van der Waals surface area contributed by atoms with Crippen LogP contribution in [0.15, 0.2) is 0 Å². The summed E-state index contributed by atoms with van der Waals surface area (Å²) in [4.78, 5) is 0. The highest BCUT2D eigenvalue weighted by Crippen LogP contribution is 2.62. The molecule has 0 nitrogen and oxygen atoms in total. The van der Waals surface area contributed by atoms with Crippen molar-refractivity contribution in [1.82, 2.24) is 0 Å². The van der Waals surface area contributed by atoms with E-state index in [1.807, 2.05) is 6.55 Å². The first-order valence-corrected chi connectivity index (χ1v) is 7.90. The molecule has 1 aliphatic heterocycles. The molecule has 0 aliphatic carbocycles. The van der Waals surface area contributed by atoms with Gasteiger partial charge in [0.2, 0.25) is 8.41 Å². The third-order valence-corrected chi connectivity index (χ3v) is 9.67. The van der Waals surface area contributed by atoms with E-state index in [1.54, 1.807) is 0 Å². The van der Waals surface area contributed by atoms with E-state index >= 15 is 0 Å². The average molecular weight is 202 g/mol. The van der Waals surface area contributed by atoms with Crippen LogP contribution < -0.4 is 0 Å². The van der Waals surface area contributed by atoms with Crippen molar-refractivity contribution in [1.29, 1.82) is 0 Å². The van der Waals surface area contributed by atoms with Gasteiger partial charge >= 0.3 is 0 Å². The third-order valence-electron chi connectivity index (χ3n) is 5.19. The van der Waals surface area contributed by atoms with E-state index in [2.05, 4.69) is 34.6 Å². The van der Waals surface area contributed by atoms with Crippen LogP contribution in [0.1, 0.15) is 41.0 Å². The van der Waals surface area contributed by atoms with Crippen molar-refractivity contribution in [2.24, 2.45) is 11.3 Å². The molecule has 2 heteroatoms. The Hall–Kier alpha value is 0.147. The van der Waals surface area contributed by atoms with Crippen LogP contribution in [0.2, 0.25) is 17.6 Å². The Morgan fingerprint density at radius 1 is 1.23 bits per heavy atom. The molecule has 1 heterocycles. The highest BCUT2D eigenvalue weighted by Gasteiger charge is 2.58. The molecule has 1 rings (SSSR count). The summed E-state index contributed by atoms with van der Waals surface area (Å²) in [7, 11) is -2.50. The predicted molar refractivity (Wildman–Crippen MR) is 59.1 cm³/mol. The summed E-state index contributed by atoms with van der Waals surface area (Å²) in [5, 5.41) is -0.0856. The van der Waals surface area contributed by atoms with Crippen LogP contribution in [-0.2, 0) is 0 Å². The Kier molecular flexibility index (Phi) is 2.43. The first-order valence-electron chi connectivity index (χ1n) is 5.32. The van der Waals surface area contributed by atoms with Crippen molar-refractivity contribution < 1.29 is 4.11 Å². The van der Waals surface area contributed by atoms with E-state index < -0.39 is 8.41 Å². The molecule has 0 aromatic carbocycles. The van der Waals surface area contributed by atoms with Gasteiger partial charge in [-0.2, -0.15) is 0 Å². The van der Waals surface area contributed by atoms with Gasteiger partial charge in [0.15, 0.2) is 0 Å². The van der Waals surface area contributed by atoms with Crippen LogP contribution in [-0.4, -0.2) is 8.41 Å². The number of halogens is 1. The second kappa shape index (κ2) is 2.82. The van der Waals surface area contributed by atoms with Crippen LogP contribution in [0.5, 0.6) is 0 Å². The molecule has 1 aliphatic rings. The maximum Gasteiger partial charge on any atom is 0.250 e. The third kappa shape index (κ3) is 1.38. The van der Waals surface area contributed by atoms with Crippen molar-refractivity contribution in [2.75, 3.05) is 0 Å². The second-order valence-corrected chi connectivity index (χ2v) is 10.1. The normalized spacial score (nSPS) is 43.2. The molecule has 0 aromatic heterocycles. The molecule has 2 unspecified atom stereocenters. The SMILES string of the molecule is CC1CC[Si](C)(F)C(C)(C)C1(C)C. The largest absolute Gasteiger partial charge is 0.314 e. The van der Waals surface area contributed by atoms with Gasteiger partial charge in [0.25, 0.3) is 0 Å². The van der Waals surface area contributed by atoms with Gasteiger partial charge in [-0.15, -0.1) is 0 Å². The van der Waals surface area contributed by atoms with Crippen LogP contribution in [0.3, 0.4) is 0 Å². The van der Waals surface area contributed by atoms with Gasteiger partial charge in [-0.1, -0.05) is 41.0 Å². The Labute approximate surface area is 83.1 Å². The molecule has 13 heavy (non-hydrogen) atoms. The fraction of sp³-hybridized carbons (Fsp3) is 1.00. The topological polar surface area (TPSA) is 0 Å². The van der Waals surface area contributed by atoms with Crippen molar-refractivity contribution in [3.8, 4) is 0 Å². The minimum atomic E-state index is -2.50. The Morgan fingerprint density at radius 3 is 2.08 bits per heavy atom. The van der Waals surface area contributed by atoms with Crippen molar-refractivity contribution in [3.63, 3.8) is 0 Å². The first-order chi connectivity index (χ1) is 5.63. The lowest BCUT2D eigenvalue weighted by molar-refractivity contribution is 0.127. The summed E-state index contributed by atoms with van der Waals surface area (Å²) >= 11 is 0. The summed E-state index contributed by atoms with van der Waals surface area (Å²) in [6.07, 6.45) is 1.08. The van der Waals surface area contributed by atoms with E-state index in [9.17, 15) is 4.11 Å². The summed E-state index contributed by atoms with van der Waals surface area (Å²) in [5.41, 5.74) is 0.154. The lowest BCUT2D eigenvalue weighted by Crippen LogP contribution is -2.53. The molecule has 0 N–H and O–H groups in total. The van der Waals surface area contributed by atoms with Crippen LogP contribution in [0.25, 0.3) is 0 Å².